The number of nitro groups is 1. The van der Waals surface area contributed by atoms with Crippen LogP contribution in [0.25, 0.3) is 0 Å². The summed E-state index contributed by atoms with van der Waals surface area (Å²) in [6, 6.07) is 4.87. The molecule has 7 nitrogen and oxygen atoms in total. The molecule has 3 rings (SSSR count). The number of carbonyl (C=O) groups is 1. The van der Waals surface area contributed by atoms with Crippen molar-refractivity contribution >= 4 is 17.5 Å². The van der Waals surface area contributed by atoms with Gasteiger partial charge in [0.25, 0.3) is 5.69 Å². The average molecular weight is 277 g/mol. The first-order valence-corrected chi connectivity index (χ1v) is 6.52. The van der Waals surface area contributed by atoms with Crippen LogP contribution >= 0.6 is 0 Å². The highest BCUT2D eigenvalue weighted by Gasteiger charge is 2.42. The molecule has 2 aliphatic heterocycles. The molecule has 0 saturated carbocycles. The summed E-state index contributed by atoms with van der Waals surface area (Å²) in [6.07, 6.45) is 0.492. The summed E-state index contributed by atoms with van der Waals surface area (Å²) < 4.78 is 0. The first-order chi connectivity index (χ1) is 9.52. The third-order valence-corrected chi connectivity index (χ3v) is 4.39. The molecule has 0 aliphatic carbocycles. The van der Waals surface area contributed by atoms with E-state index in [1.54, 1.807) is 12.1 Å². The minimum Gasteiger partial charge on any atom is -0.465 e. The summed E-state index contributed by atoms with van der Waals surface area (Å²) in [5.41, 5.74) is 1.80. The highest BCUT2D eigenvalue weighted by Crippen LogP contribution is 2.45. The van der Waals surface area contributed by atoms with Crippen molar-refractivity contribution in [3.05, 3.63) is 33.9 Å². The van der Waals surface area contributed by atoms with Crippen LogP contribution in [0.3, 0.4) is 0 Å². The van der Waals surface area contributed by atoms with E-state index in [4.69, 9.17) is 5.11 Å². The fourth-order valence-electron chi connectivity index (χ4n) is 3.17. The van der Waals surface area contributed by atoms with Crippen molar-refractivity contribution in [2.24, 2.45) is 0 Å². The monoisotopic (exact) mass is 277 g/mol. The number of fused-ring (bicyclic) bond motifs is 2. The molecule has 1 amide bonds. The average Bonchev–Trinajstić information content (AvgIpc) is 2.78. The van der Waals surface area contributed by atoms with Gasteiger partial charge in [0.1, 0.15) is 0 Å². The zero-order valence-electron chi connectivity index (χ0n) is 10.8. The molecular formula is C13H15N3O4. The van der Waals surface area contributed by atoms with Gasteiger partial charge < -0.3 is 15.3 Å². The lowest BCUT2D eigenvalue weighted by molar-refractivity contribution is -0.384. The van der Waals surface area contributed by atoms with Gasteiger partial charge in [-0.05, 0) is 24.5 Å². The van der Waals surface area contributed by atoms with Crippen LogP contribution in [-0.2, 0) is 5.41 Å². The van der Waals surface area contributed by atoms with Gasteiger partial charge in [-0.1, -0.05) is 0 Å². The first-order valence-electron chi connectivity index (χ1n) is 6.52. The van der Waals surface area contributed by atoms with Crippen molar-refractivity contribution in [3.63, 3.8) is 0 Å². The summed E-state index contributed by atoms with van der Waals surface area (Å²) in [4.78, 5) is 22.9. The normalized spacial score (nSPS) is 19.5. The summed E-state index contributed by atoms with van der Waals surface area (Å²) in [6.45, 7) is 1.66. The maximum Gasteiger partial charge on any atom is 0.407 e. The molecule has 1 aromatic carbocycles. The molecule has 1 saturated heterocycles. The quantitative estimate of drug-likeness (QED) is 0.605. The van der Waals surface area contributed by atoms with Crippen molar-refractivity contribution in [2.75, 3.05) is 25.0 Å². The Morgan fingerprint density at radius 1 is 1.40 bits per heavy atom. The number of non-ortho nitro benzene ring substituents is 1. The number of nitro benzene ring substituents is 1. The van der Waals surface area contributed by atoms with Crippen molar-refractivity contribution in [1.82, 2.24) is 4.90 Å². The fraction of sp³-hybridized carbons (Fsp3) is 0.462. The van der Waals surface area contributed by atoms with Gasteiger partial charge in [-0.2, -0.15) is 0 Å². The molecule has 0 aromatic heterocycles. The second-order valence-corrected chi connectivity index (χ2v) is 5.39. The van der Waals surface area contributed by atoms with Crippen LogP contribution in [-0.4, -0.2) is 40.7 Å². The number of nitrogens with one attached hydrogen (secondary N) is 1. The number of nitrogens with zero attached hydrogens (tertiary/aromatic N) is 2. The Kier molecular flexibility index (Phi) is 2.77. The third-order valence-electron chi connectivity index (χ3n) is 4.39. The molecule has 106 valence electrons. The Morgan fingerprint density at radius 2 is 2.10 bits per heavy atom. The number of hydrogen-bond donors (Lipinski definition) is 2. The lowest BCUT2D eigenvalue weighted by Crippen LogP contribution is -2.45. The van der Waals surface area contributed by atoms with Gasteiger partial charge in [0.15, 0.2) is 0 Å². The second kappa shape index (κ2) is 4.36. The third kappa shape index (κ3) is 1.86. The van der Waals surface area contributed by atoms with Gasteiger partial charge >= 0.3 is 6.09 Å². The van der Waals surface area contributed by atoms with E-state index in [9.17, 15) is 14.9 Å². The lowest BCUT2D eigenvalue weighted by Gasteiger charge is -2.38. The van der Waals surface area contributed by atoms with E-state index in [2.05, 4.69) is 5.32 Å². The molecule has 2 aliphatic rings. The SMILES string of the molecule is O=C(O)N1CCC2(CC1)CNc1ccc([N+](=O)[O-])cc12. The van der Waals surface area contributed by atoms with Crippen LogP contribution in [0.1, 0.15) is 18.4 Å². The maximum atomic E-state index is 11.0. The highest BCUT2D eigenvalue weighted by molar-refractivity contribution is 5.67. The minimum absolute atomic E-state index is 0.0903. The van der Waals surface area contributed by atoms with Crippen LogP contribution in [0, 0.1) is 10.1 Å². The molecule has 1 aromatic rings. The smallest absolute Gasteiger partial charge is 0.407 e. The Hall–Kier alpha value is -2.31. The predicted octanol–water partition coefficient (Wildman–Crippen LogP) is 2.03. The molecule has 20 heavy (non-hydrogen) atoms. The molecule has 1 fully saturated rings. The molecule has 0 bridgehead atoms. The summed E-state index contributed by atoms with van der Waals surface area (Å²) >= 11 is 0. The number of hydrogen-bond acceptors (Lipinski definition) is 4. The molecule has 0 atom stereocenters. The molecule has 1 spiro atoms. The Balaban J connectivity index is 1.90. The minimum atomic E-state index is -0.898. The van der Waals surface area contributed by atoms with Crippen LogP contribution < -0.4 is 5.32 Å². The van der Waals surface area contributed by atoms with Gasteiger partial charge in [-0.25, -0.2) is 4.79 Å². The van der Waals surface area contributed by atoms with E-state index in [1.807, 2.05) is 0 Å². The molecule has 2 N–H and O–H groups in total. The summed E-state index contributed by atoms with van der Waals surface area (Å²) in [5, 5.41) is 23.2. The van der Waals surface area contributed by atoms with Crippen LogP contribution in [0.15, 0.2) is 18.2 Å². The van der Waals surface area contributed by atoms with Gasteiger partial charge in [-0.15, -0.1) is 0 Å². The number of rotatable bonds is 1. The number of benzene rings is 1. The molecule has 2 heterocycles. The molecular weight excluding hydrogens is 262 g/mol. The Bertz CT molecular complexity index is 579. The number of carboxylic acid groups (broad SMARTS) is 1. The zero-order chi connectivity index (χ0) is 14.3. The van der Waals surface area contributed by atoms with Gasteiger partial charge in [0, 0.05) is 42.9 Å². The van der Waals surface area contributed by atoms with E-state index in [0.29, 0.717) is 25.9 Å². The lowest BCUT2D eigenvalue weighted by atomic mass is 9.74. The number of anilines is 1. The molecule has 0 radical (unpaired) electrons. The zero-order valence-corrected chi connectivity index (χ0v) is 10.8. The van der Waals surface area contributed by atoms with E-state index in [0.717, 1.165) is 17.8 Å². The number of amides is 1. The first kappa shape index (κ1) is 12.7. The number of likely N-dealkylation sites (tertiary alicyclic amines) is 1. The van der Waals surface area contributed by atoms with E-state index in [1.165, 1.54) is 11.0 Å². The topological polar surface area (TPSA) is 95.7 Å². The van der Waals surface area contributed by atoms with Crippen molar-refractivity contribution in [1.29, 1.82) is 0 Å². The van der Waals surface area contributed by atoms with Gasteiger partial charge in [-0.3, -0.25) is 10.1 Å². The van der Waals surface area contributed by atoms with Gasteiger partial charge in [0.2, 0.25) is 0 Å². The Morgan fingerprint density at radius 3 is 2.70 bits per heavy atom. The van der Waals surface area contributed by atoms with E-state index in [-0.39, 0.29) is 11.1 Å². The largest absolute Gasteiger partial charge is 0.465 e. The Labute approximate surface area is 115 Å². The summed E-state index contributed by atoms with van der Waals surface area (Å²) in [5.74, 6) is 0. The maximum absolute atomic E-state index is 11.0. The highest BCUT2D eigenvalue weighted by atomic mass is 16.6. The van der Waals surface area contributed by atoms with Crippen molar-refractivity contribution in [3.8, 4) is 0 Å². The summed E-state index contributed by atoms with van der Waals surface area (Å²) in [7, 11) is 0. The van der Waals surface area contributed by atoms with Crippen LogP contribution in [0.4, 0.5) is 16.2 Å². The van der Waals surface area contributed by atoms with E-state index >= 15 is 0 Å². The molecule has 7 heteroatoms. The fourth-order valence-corrected chi connectivity index (χ4v) is 3.17. The molecule has 0 unspecified atom stereocenters. The van der Waals surface area contributed by atoms with Crippen LogP contribution in [0.5, 0.6) is 0 Å². The standard InChI is InChI=1S/C13H15N3O4/c17-12(18)15-5-3-13(4-6-15)8-14-11-2-1-9(16(19)20)7-10(11)13/h1-2,7,14H,3-6,8H2,(H,17,18). The predicted molar refractivity (Wildman–Crippen MR) is 72.1 cm³/mol. The van der Waals surface area contributed by atoms with Crippen molar-refractivity contribution in [2.45, 2.75) is 18.3 Å². The second-order valence-electron chi connectivity index (χ2n) is 5.39. The van der Waals surface area contributed by atoms with E-state index < -0.39 is 11.0 Å². The van der Waals surface area contributed by atoms with Crippen molar-refractivity contribution < 1.29 is 14.8 Å². The number of piperidine rings is 1. The van der Waals surface area contributed by atoms with Gasteiger partial charge in [0.05, 0.1) is 4.92 Å². The van der Waals surface area contributed by atoms with Crippen LogP contribution in [0.2, 0.25) is 0 Å².